The predicted molar refractivity (Wildman–Crippen MR) is 67.5 cm³/mol. The van der Waals surface area contributed by atoms with E-state index < -0.39 is 11.9 Å². The van der Waals surface area contributed by atoms with Crippen molar-refractivity contribution in [2.45, 2.75) is 25.8 Å². The number of aromatic nitrogens is 1. The number of carbonyl (C=O) groups is 2. The van der Waals surface area contributed by atoms with Gasteiger partial charge in [-0.25, -0.2) is 0 Å². The number of aryl methyl sites for hydroxylation is 1. The van der Waals surface area contributed by atoms with E-state index in [2.05, 4.69) is 16.2 Å². The Kier molecular flexibility index (Phi) is 4.88. The third-order valence-corrected chi connectivity index (χ3v) is 2.50. The zero-order chi connectivity index (χ0) is 13.5. The maximum Gasteiger partial charge on any atom is 0.252 e. The van der Waals surface area contributed by atoms with Gasteiger partial charge in [-0.15, -0.1) is 12.3 Å². The van der Waals surface area contributed by atoms with E-state index in [0.717, 1.165) is 5.56 Å². The quantitative estimate of drug-likeness (QED) is 0.729. The Labute approximate surface area is 106 Å². The molecule has 0 aliphatic rings. The molecule has 0 spiro atoms. The minimum absolute atomic E-state index is 0.0770. The molecule has 1 aromatic heterocycles. The van der Waals surface area contributed by atoms with Crippen molar-refractivity contribution in [1.29, 1.82) is 0 Å². The lowest BCUT2D eigenvalue weighted by molar-refractivity contribution is -0.119. The van der Waals surface area contributed by atoms with E-state index in [1.54, 1.807) is 12.3 Å². The van der Waals surface area contributed by atoms with Gasteiger partial charge in [0, 0.05) is 24.4 Å². The molecule has 0 fully saturated rings. The van der Waals surface area contributed by atoms with Gasteiger partial charge >= 0.3 is 0 Å². The van der Waals surface area contributed by atoms with Gasteiger partial charge in [0.15, 0.2) is 0 Å². The molecule has 0 aromatic carbocycles. The molecule has 0 aliphatic carbocycles. The van der Waals surface area contributed by atoms with Crippen LogP contribution in [-0.4, -0.2) is 22.8 Å². The molecule has 5 heteroatoms. The molecule has 1 aromatic rings. The third kappa shape index (κ3) is 3.32. The van der Waals surface area contributed by atoms with Gasteiger partial charge in [0.1, 0.15) is 6.04 Å². The molecule has 1 heterocycles. The summed E-state index contributed by atoms with van der Waals surface area (Å²) in [5, 5.41) is 2.52. The first-order chi connectivity index (χ1) is 8.60. The van der Waals surface area contributed by atoms with Gasteiger partial charge in [-0.1, -0.05) is 6.92 Å². The number of nitrogens with zero attached hydrogens (tertiary/aromatic N) is 1. The third-order valence-electron chi connectivity index (χ3n) is 2.50. The molecule has 0 radical (unpaired) electrons. The molecule has 94 valence electrons. The molecule has 0 aliphatic heterocycles. The van der Waals surface area contributed by atoms with Crippen LogP contribution in [0.4, 0.5) is 0 Å². The van der Waals surface area contributed by atoms with Crippen molar-refractivity contribution in [3.8, 4) is 12.3 Å². The Balaban J connectivity index is 2.87. The topological polar surface area (TPSA) is 85.1 Å². The number of carbonyl (C=O) groups excluding carboxylic acids is 2. The van der Waals surface area contributed by atoms with Crippen LogP contribution in [0.3, 0.4) is 0 Å². The van der Waals surface area contributed by atoms with Crippen LogP contribution in [0.25, 0.3) is 0 Å². The van der Waals surface area contributed by atoms with Gasteiger partial charge in [-0.3, -0.25) is 14.6 Å². The van der Waals surface area contributed by atoms with Crippen LogP contribution < -0.4 is 11.1 Å². The van der Waals surface area contributed by atoms with Gasteiger partial charge in [0.05, 0.1) is 0 Å². The molecule has 3 N–H and O–H groups in total. The summed E-state index contributed by atoms with van der Waals surface area (Å²) in [4.78, 5) is 27.1. The molecule has 18 heavy (non-hydrogen) atoms. The summed E-state index contributed by atoms with van der Waals surface area (Å²) in [6, 6.07) is 0.752. The Hall–Kier alpha value is -2.35. The molecule has 2 amide bonds. The van der Waals surface area contributed by atoms with Crippen molar-refractivity contribution < 1.29 is 9.59 Å². The summed E-state index contributed by atoms with van der Waals surface area (Å²) in [6.45, 7) is 1.92. The Morgan fingerprint density at radius 3 is 2.89 bits per heavy atom. The fourth-order valence-corrected chi connectivity index (χ4v) is 1.51. The first-order valence-corrected chi connectivity index (χ1v) is 5.56. The lowest BCUT2D eigenvalue weighted by Crippen LogP contribution is -2.44. The Morgan fingerprint density at radius 1 is 1.61 bits per heavy atom. The van der Waals surface area contributed by atoms with E-state index in [1.165, 1.54) is 6.20 Å². The fraction of sp³-hybridized carbons (Fsp3) is 0.308. The molecule has 5 nitrogen and oxygen atoms in total. The molecule has 1 atom stereocenters. The lowest BCUT2D eigenvalue weighted by atomic mass is 10.1. The molecule has 0 saturated heterocycles. The average Bonchev–Trinajstić information content (AvgIpc) is 2.37. The normalized spacial score (nSPS) is 11.3. The number of nitrogens with one attached hydrogen (secondary N) is 1. The molecular formula is C13H15N3O2. The van der Waals surface area contributed by atoms with Crippen molar-refractivity contribution in [2.24, 2.45) is 5.73 Å². The minimum atomic E-state index is -0.847. The number of hydrogen-bond donors (Lipinski definition) is 2. The van der Waals surface area contributed by atoms with E-state index in [4.69, 9.17) is 12.2 Å². The van der Waals surface area contributed by atoms with Crippen molar-refractivity contribution in [2.75, 3.05) is 0 Å². The fourth-order valence-electron chi connectivity index (χ4n) is 1.51. The number of pyridine rings is 1. The van der Waals surface area contributed by atoms with Gasteiger partial charge in [0.2, 0.25) is 5.91 Å². The van der Waals surface area contributed by atoms with E-state index in [9.17, 15) is 9.59 Å². The molecule has 1 rings (SSSR count). The molecular weight excluding hydrogens is 230 g/mol. The maximum absolute atomic E-state index is 12.0. The second-order valence-electron chi connectivity index (χ2n) is 3.72. The van der Waals surface area contributed by atoms with Crippen LogP contribution in [0.15, 0.2) is 18.5 Å². The first kappa shape index (κ1) is 13.7. The summed E-state index contributed by atoms with van der Waals surface area (Å²) in [5.74, 6) is 1.29. The summed E-state index contributed by atoms with van der Waals surface area (Å²) in [6.07, 6.45) is 9.01. The van der Waals surface area contributed by atoms with Gasteiger partial charge < -0.3 is 11.1 Å². The molecule has 0 saturated carbocycles. The predicted octanol–water partition coefficient (Wildman–Crippen LogP) is 0.251. The number of amides is 2. The number of primary amides is 1. The van der Waals surface area contributed by atoms with Crippen LogP contribution in [0, 0.1) is 12.3 Å². The monoisotopic (exact) mass is 245 g/mol. The SMILES string of the molecule is C#CCC(NC(=O)c1ccncc1CC)C(N)=O. The summed E-state index contributed by atoms with van der Waals surface area (Å²) < 4.78 is 0. The van der Waals surface area contributed by atoms with Gasteiger partial charge in [0.25, 0.3) is 5.91 Å². The van der Waals surface area contributed by atoms with Crippen LogP contribution >= 0.6 is 0 Å². The van der Waals surface area contributed by atoms with E-state index in [1.807, 2.05) is 6.92 Å². The van der Waals surface area contributed by atoms with Crippen molar-refractivity contribution in [3.05, 3.63) is 29.6 Å². The second-order valence-corrected chi connectivity index (χ2v) is 3.72. The van der Waals surface area contributed by atoms with Crippen LogP contribution in [-0.2, 0) is 11.2 Å². The van der Waals surface area contributed by atoms with Gasteiger partial charge in [-0.2, -0.15) is 0 Å². The summed E-state index contributed by atoms with van der Waals surface area (Å²) in [5.41, 5.74) is 6.44. The second kappa shape index (κ2) is 6.40. The maximum atomic E-state index is 12.0. The zero-order valence-corrected chi connectivity index (χ0v) is 10.1. The number of nitrogens with two attached hydrogens (primary N) is 1. The number of terminal acetylenes is 1. The minimum Gasteiger partial charge on any atom is -0.368 e. The van der Waals surface area contributed by atoms with Crippen molar-refractivity contribution in [1.82, 2.24) is 10.3 Å². The van der Waals surface area contributed by atoms with Gasteiger partial charge in [-0.05, 0) is 18.1 Å². The van der Waals surface area contributed by atoms with E-state index in [0.29, 0.717) is 12.0 Å². The summed E-state index contributed by atoms with van der Waals surface area (Å²) >= 11 is 0. The highest BCUT2D eigenvalue weighted by Crippen LogP contribution is 2.08. The lowest BCUT2D eigenvalue weighted by Gasteiger charge is -2.14. The zero-order valence-electron chi connectivity index (χ0n) is 10.1. The van der Waals surface area contributed by atoms with E-state index >= 15 is 0 Å². The smallest absolute Gasteiger partial charge is 0.252 e. The molecule has 0 bridgehead atoms. The highest BCUT2D eigenvalue weighted by atomic mass is 16.2. The number of hydrogen-bond acceptors (Lipinski definition) is 3. The highest BCUT2D eigenvalue weighted by Gasteiger charge is 2.19. The molecule has 1 unspecified atom stereocenters. The largest absolute Gasteiger partial charge is 0.368 e. The first-order valence-electron chi connectivity index (χ1n) is 5.56. The van der Waals surface area contributed by atoms with Crippen LogP contribution in [0.2, 0.25) is 0 Å². The van der Waals surface area contributed by atoms with Crippen molar-refractivity contribution >= 4 is 11.8 Å². The Morgan fingerprint density at radius 2 is 2.33 bits per heavy atom. The van der Waals surface area contributed by atoms with E-state index in [-0.39, 0.29) is 12.3 Å². The van der Waals surface area contributed by atoms with Crippen molar-refractivity contribution in [3.63, 3.8) is 0 Å². The average molecular weight is 245 g/mol. The summed E-state index contributed by atoms with van der Waals surface area (Å²) in [7, 11) is 0. The van der Waals surface area contributed by atoms with Crippen LogP contribution in [0.1, 0.15) is 29.3 Å². The van der Waals surface area contributed by atoms with Crippen LogP contribution in [0.5, 0.6) is 0 Å². The number of rotatable bonds is 5. The standard InChI is InChI=1S/C13H15N3O2/c1-3-5-11(12(14)17)16-13(18)10-6-7-15-8-9(10)4-2/h1,6-8,11H,4-5H2,2H3,(H2,14,17)(H,16,18). The highest BCUT2D eigenvalue weighted by molar-refractivity contribution is 5.98. The Bertz CT molecular complexity index is 491.